The van der Waals surface area contributed by atoms with Crippen molar-refractivity contribution in [1.82, 2.24) is 9.97 Å². The molecule has 1 aliphatic carbocycles. The molecule has 0 fully saturated rings. The zero-order valence-electron chi connectivity index (χ0n) is 21.1. The molecule has 0 bridgehead atoms. The molecular weight excluding hydrogens is 464 g/mol. The summed E-state index contributed by atoms with van der Waals surface area (Å²) in [4.78, 5) is 9.18. The van der Waals surface area contributed by atoms with Crippen LogP contribution in [0.1, 0.15) is 30.0 Å². The maximum atomic E-state index is 6.16. The normalized spacial score (nSPS) is 15.7. The Bertz CT molecular complexity index is 1790. The van der Waals surface area contributed by atoms with E-state index in [1.165, 1.54) is 38.6 Å². The largest absolute Gasteiger partial charge is 0.439 e. The van der Waals surface area contributed by atoms with Crippen LogP contribution in [0.15, 0.2) is 128 Å². The lowest BCUT2D eigenvalue weighted by atomic mass is 9.70. The Morgan fingerprint density at radius 1 is 0.658 bits per heavy atom. The topological polar surface area (TPSA) is 35.0 Å². The number of pyridine rings is 2. The van der Waals surface area contributed by atoms with Crippen LogP contribution in [0.5, 0.6) is 11.6 Å². The Morgan fingerprint density at radius 3 is 2.39 bits per heavy atom. The van der Waals surface area contributed by atoms with Gasteiger partial charge in [-0.3, -0.25) is 4.98 Å². The van der Waals surface area contributed by atoms with Gasteiger partial charge in [-0.15, -0.1) is 0 Å². The van der Waals surface area contributed by atoms with E-state index in [1.54, 1.807) is 6.20 Å². The van der Waals surface area contributed by atoms with E-state index in [1.807, 2.05) is 30.5 Å². The number of nitrogens with zero attached hydrogens (tertiary/aromatic N) is 2. The number of hydrogen-bond donors (Lipinski definition) is 0. The molecule has 1 atom stereocenters. The molecule has 1 aliphatic rings. The van der Waals surface area contributed by atoms with Crippen LogP contribution in [0.25, 0.3) is 33.2 Å². The van der Waals surface area contributed by atoms with E-state index in [9.17, 15) is 0 Å². The van der Waals surface area contributed by atoms with Gasteiger partial charge in [-0.2, -0.15) is 0 Å². The molecule has 3 heteroatoms. The molecular formula is C35H26N2O. The van der Waals surface area contributed by atoms with Gasteiger partial charge in [0, 0.05) is 34.8 Å². The summed E-state index contributed by atoms with van der Waals surface area (Å²) in [5.41, 5.74) is 8.25. The van der Waals surface area contributed by atoms with Crippen LogP contribution >= 0.6 is 0 Å². The maximum absolute atomic E-state index is 6.16. The first kappa shape index (κ1) is 22.4. The lowest BCUT2D eigenvalue weighted by molar-refractivity contribution is 0.460. The van der Waals surface area contributed by atoms with E-state index in [-0.39, 0.29) is 5.41 Å². The third-order valence-electron chi connectivity index (χ3n) is 7.82. The van der Waals surface area contributed by atoms with Crippen LogP contribution < -0.4 is 4.74 Å². The van der Waals surface area contributed by atoms with Crippen LogP contribution in [0.4, 0.5) is 0 Å². The molecule has 0 saturated heterocycles. The highest BCUT2D eigenvalue weighted by atomic mass is 16.5. The molecule has 0 spiro atoms. The van der Waals surface area contributed by atoms with Crippen molar-refractivity contribution in [3.63, 3.8) is 0 Å². The van der Waals surface area contributed by atoms with Gasteiger partial charge in [-0.1, -0.05) is 85.8 Å². The monoisotopic (exact) mass is 490 g/mol. The van der Waals surface area contributed by atoms with Crippen molar-refractivity contribution >= 4 is 10.8 Å². The van der Waals surface area contributed by atoms with E-state index in [4.69, 9.17) is 9.72 Å². The predicted molar refractivity (Wildman–Crippen MR) is 154 cm³/mol. The second kappa shape index (κ2) is 8.97. The molecule has 4 aromatic carbocycles. The highest BCUT2D eigenvalue weighted by Gasteiger charge is 2.43. The van der Waals surface area contributed by atoms with E-state index < -0.39 is 0 Å². The van der Waals surface area contributed by atoms with E-state index >= 15 is 0 Å². The average Bonchev–Trinajstić information content (AvgIpc) is 3.27. The number of fused-ring (bicyclic) bond motifs is 4. The lowest BCUT2D eigenvalue weighted by Gasteiger charge is -2.32. The molecule has 0 aliphatic heterocycles. The van der Waals surface area contributed by atoms with Crippen LogP contribution in [-0.4, -0.2) is 9.97 Å². The molecule has 0 radical (unpaired) electrons. The third-order valence-corrected chi connectivity index (χ3v) is 7.82. The van der Waals surface area contributed by atoms with Crippen molar-refractivity contribution in [1.29, 1.82) is 0 Å². The fraction of sp³-hybridized carbons (Fsp3) is 0.0857. The van der Waals surface area contributed by atoms with Gasteiger partial charge >= 0.3 is 0 Å². The third kappa shape index (κ3) is 3.43. The minimum Gasteiger partial charge on any atom is -0.439 e. The highest BCUT2D eigenvalue weighted by Crippen LogP contribution is 2.55. The van der Waals surface area contributed by atoms with Gasteiger partial charge in [-0.25, -0.2) is 4.98 Å². The zero-order chi connectivity index (χ0) is 25.5. The molecule has 0 amide bonds. The van der Waals surface area contributed by atoms with Crippen LogP contribution in [0.2, 0.25) is 0 Å². The molecule has 38 heavy (non-hydrogen) atoms. The summed E-state index contributed by atoms with van der Waals surface area (Å²) in [6.45, 7) is 2.28. The Balaban J connectivity index is 1.43. The first-order chi connectivity index (χ1) is 18.8. The molecule has 0 saturated carbocycles. The molecule has 7 rings (SSSR count). The fourth-order valence-electron chi connectivity index (χ4n) is 6.11. The summed E-state index contributed by atoms with van der Waals surface area (Å²) < 4.78 is 6.16. The Hall–Kier alpha value is -4.76. The van der Waals surface area contributed by atoms with Crippen molar-refractivity contribution < 1.29 is 4.74 Å². The number of aromatic nitrogens is 2. The fourth-order valence-corrected chi connectivity index (χ4v) is 6.11. The summed E-state index contributed by atoms with van der Waals surface area (Å²) in [6, 6.07) is 40.4. The first-order valence-electron chi connectivity index (χ1n) is 13.1. The van der Waals surface area contributed by atoms with Crippen LogP contribution in [0, 0.1) is 0 Å². The van der Waals surface area contributed by atoms with Gasteiger partial charge in [0.05, 0.1) is 5.69 Å². The molecule has 6 aromatic rings. The molecule has 182 valence electrons. The standard InChI is InChI=1S/C35H26N2O/c1-2-35(26-11-9-12-27(23-26)38-33-16-7-8-20-36-33)31-15-6-5-14-29(31)30-18-17-25(22-32(30)35)34-28-13-4-3-10-24(28)19-21-37-34/h3-23H,2H2,1H3. The number of rotatable bonds is 5. The Kier molecular flexibility index (Phi) is 5.29. The van der Waals surface area contributed by atoms with Crippen molar-refractivity contribution in [2.24, 2.45) is 0 Å². The molecule has 2 aromatic heterocycles. The molecule has 1 unspecified atom stereocenters. The van der Waals surface area contributed by atoms with Gasteiger partial charge in [0.15, 0.2) is 0 Å². The summed E-state index contributed by atoms with van der Waals surface area (Å²) in [5, 5.41) is 2.36. The molecule has 3 nitrogen and oxygen atoms in total. The van der Waals surface area contributed by atoms with E-state index in [0.29, 0.717) is 5.88 Å². The summed E-state index contributed by atoms with van der Waals surface area (Å²) in [6.07, 6.45) is 4.57. The minimum atomic E-state index is -0.310. The SMILES string of the molecule is CCC1(c2cccc(Oc3ccccn3)c2)c2ccccc2-c2ccc(-c3nccc4ccccc34)cc21. The number of benzene rings is 4. The Labute approximate surface area is 222 Å². The second-order valence-corrected chi connectivity index (χ2v) is 9.74. The lowest BCUT2D eigenvalue weighted by Crippen LogP contribution is -2.26. The van der Waals surface area contributed by atoms with E-state index in [0.717, 1.165) is 23.4 Å². The quantitative estimate of drug-likeness (QED) is 0.242. The zero-order valence-corrected chi connectivity index (χ0v) is 21.1. The molecule has 2 heterocycles. The maximum Gasteiger partial charge on any atom is 0.219 e. The second-order valence-electron chi connectivity index (χ2n) is 9.74. The Morgan fingerprint density at radius 2 is 1.50 bits per heavy atom. The van der Waals surface area contributed by atoms with Crippen molar-refractivity contribution in [3.05, 3.63) is 144 Å². The van der Waals surface area contributed by atoms with Gasteiger partial charge in [0.1, 0.15) is 5.75 Å². The van der Waals surface area contributed by atoms with Crippen LogP contribution in [0.3, 0.4) is 0 Å². The smallest absolute Gasteiger partial charge is 0.219 e. The summed E-state index contributed by atoms with van der Waals surface area (Å²) in [7, 11) is 0. The van der Waals surface area contributed by atoms with Crippen molar-refractivity contribution in [2.75, 3.05) is 0 Å². The average molecular weight is 491 g/mol. The van der Waals surface area contributed by atoms with Gasteiger partial charge in [0.2, 0.25) is 5.88 Å². The number of ether oxygens (including phenoxy) is 1. The van der Waals surface area contributed by atoms with Gasteiger partial charge in [0.25, 0.3) is 0 Å². The first-order valence-corrected chi connectivity index (χ1v) is 13.1. The van der Waals surface area contributed by atoms with Crippen molar-refractivity contribution in [3.8, 4) is 34.0 Å². The van der Waals surface area contributed by atoms with Crippen LogP contribution in [-0.2, 0) is 5.41 Å². The summed E-state index contributed by atoms with van der Waals surface area (Å²) >= 11 is 0. The van der Waals surface area contributed by atoms with Gasteiger partial charge in [-0.05, 0) is 70.0 Å². The predicted octanol–water partition coefficient (Wildman–Crippen LogP) is 8.81. The molecule has 0 N–H and O–H groups in total. The van der Waals surface area contributed by atoms with Crippen molar-refractivity contribution in [2.45, 2.75) is 18.8 Å². The number of hydrogen-bond acceptors (Lipinski definition) is 3. The van der Waals surface area contributed by atoms with E-state index in [2.05, 4.69) is 103 Å². The highest BCUT2D eigenvalue weighted by molar-refractivity contribution is 5.95. The minimum absolute atomic E-state index is 0.310. The van der Waals surface area contributed by atoms with Gasteiger partial charge < -0.3 is 4.74 Å². The summed E-state index contributed by atoms with van der Waals surface area (Å²) in [5.74, 6) is 1.37.